The van der Waals surface area contributed by atoms with E-state index in [9.17, 15) is 0 Å². The van der Waals surface area contributed by atoms with Gasteiger partial charge in [-0.2, -0.15) is 0 Å². The molecule has 0 aromatic heterocycles. The van der Waals surface area contributed by atoms with Crippen molar-refractivity contribution in [2.75, 3.05) is 20.0 Å². The van der Waals surface area contributed by atoms with E-state index >= 15 is 0 Å². The molecule has 2 aromatic rings. The molecule has 0 bridgehead atoms. The molecule has 0 radical (unpaired) electrons. The summed E-state index contributed by atoms with van der Waals surface area (Å²) in [5.74, 6) is 0. The van der Waals surface area contributed by atoms with Gasteiger partial charge in [0.2, 0.25) is 0 Å². The Bertz CT molecular complexity index is 453. The molecule has 0 nitrogen and oxygen atoms in total. The van der Waals surface area contributed by atoms with Gasteiger partial charge in [0.15, 0.2) is 0 Å². The van der Waals surface area contributed by atoms with Crippen molar-refractivity contribution in [1.82, 2.24) is 0 Å². The molecule has 0 heterocycles. The molecule has 2 aromatic carbocycles. The van der Waals surface area contributed by atoms with Crippen LogP contribution in [0.1, 0.15) is 0 Å². The van der Waals surface area contributed by atoms with Crippen LogP contribution in [0.2, 0.25) is 0 Å². The SMILES string of the molecule is C[PH](C)(C)c1ccccc1.Cl[PH](Cl)(Cl)c1ccccc1. The van der Waals surface area contributed by atoms with Crippen LogP contribution in [0.3, 0.4) is 0 Å². The summed E-state index contributed by atoms with van der Waals surface area (Å²) >= 11 is 17.2. The zero-order valence-corrected chi connectivity index (χ0v) is 16.2. The van der Waals surface area contributed by atoms with Crippen molar-refractivity contribution in [2.45, 2.75) is 0 Å². The predicted molar refractivity (Wildman–Crippen MR) is 104 cm³/mol. The van der Waals surface area contributed by atoms with Gasteiger partial charge in [0.1, 0.15) is 0 Å². The van der Waals surface area contributed by atoms with E-state index in [1.165, 1.54) is 5.30 Å². The van der Waals surface area contributed by atoms with Crippen molar-refractivity contribution in [3.05, 3.63) is 60.7 Å². The molecule has 0 unspecified atom stereocenters. The first-order chi connectivity index (χ1) is 9.21. The molecule has 0 atom stereocenters. The van der Waals surface area contributed by atoms with Crippen molar-refractivity contribution in [3.8, 4) is 0 Å². The molecule has 0 aliphatic carbocycles. The molecule has 0 saturated heterocycles. The zero-order chi connectivity index (χ0) is 15.2. The van der Waals surface area contributed by atoms with Crippen molar-refractivity contribution in [1.29, 1.82) is 0 Å². The van der Waals surface area contributed by atoms with E-state index in [-0.39, 0.29) is 0 Å². The third-order valence-corrected chi connectivity index (χ3v) is 7.76. The molecule has 0 N–H and O–H groups in total. The Morgan fingerprint density at radius 1 is 0.600 bits per heavy atom. The van der Waals surface area contributed by atoms with Crippen LogP contribution in [-0.2, 0) is 0 Å². The van der Waals surface area contributed by atoms with E-state index in [2.05, 4.69) is 50.3 Å². The molecule has 0 saturated carbocycles. The molecular formula is C15H21Cl3P2. The molecular weight excluding hydrogens is 348 g/mol. The van der Waals surface area contributed by atoms with Gasteiger partial charge in [0.05, 0.1) is 0 Å². The monoisotopic (exact) mass is 368 g/mol. The van der Waals surface area contributed by atoms with Crippen LogP contribution >= 0.6 is 46.3 Å². The summed E-state index contributed by atoms with van der Waals surface area (Å²) < 4.78 is 0. The summed E-state index contributed by atoms with van der Waals surface area (Å²) in [6.07, 6.45) is 0. The first-order valence-electron chi connectivity index (χ1n) is 6.39. The Kier molecular flexibility index (Phi) is 7.27. The van der Waals surface area contributed by atoms with E-state index < -0.39 is 12.6 Å². The molecule has 0 spiro atoms. The summed E-state index contributed by atoms with van der Waals surface area (Å²) in [5, 5.41) is -0.246. The summed E-state index contributed by atoms with van der Waals surface area (Å²) in [7, 11) is -1.03. The van der Waals surface area contributed by atoms with Crippen LogP contribution in [0.4, 0.5) is 0 Å². The fourth-order valence-electron chi connectivity index (χ4n) is 1.57. The number of halogens is 3. The van der Waals surface area contributed by atoms with E-state index in [0.717, 1.165) is 5.30 Å². The summed E-state index contributed by atoms with van der Waals surface area (Å²) in [5.41, 5.74) is 0. The van der Waals surface area contributed by atoms with Crippen molar-refractivity contribution < 1.29 is 0 Å². The molecule has 5 heteroatoms. The van der Waals surface area contributed by atoms with Crippen LogP contribution in [0, 0.1) is 0 Å². The van der Waals surface area contributed by atoms with Crippen LogP contribution in [0.25, 0.3) is 0 Å². The quantitative estimate of drug-likeness (QED) is 0.615. The fraction of sp³-hybridized carbons (Fsp3) is 0.200. The Hall–Kier alpha value is 0.170. The van der Waals surface area contributed by atoms with Gasteiger partial charge < -0.3 is 0 Å². The van der Waals surface area contributed by atoms with E-state index in [0.29, 0.717) is 0 Å². The van der Waals surface area contributed by atoms with E-state index in [1.807, 2.05) is 30.3 Å². The summed E-state index contributed by atoms with van der Waals surface area (Å²) in [6.45, 7) is 7.09. The molecule has 0 aliphatic heterocycles. The number of benzene rings is 2. The Balaban J connectivity index is 0.000000200. The molecule has 2 rings (SSSR count). The third kappa shape index (κ3) is 6.75. The molecule has 112 valence electrons. The Morgan fingerprint density at radius 2 is 0.950 bits per heavy atom. The van der Waals surface area contributed by atoms with E-state index in [1.54, 1.807) is 0 Å². The topological polar surface area (TPSA) is 0 Å². The predicted octanol–water partition coefficient (Wildman–Crippen LogP) is 5.47. The molecule has 0 aliphatic rings. The van der Waals surface area contributed by atoms with Gasteiger partial charge in [-0.1, -0.05) is 0 Å². The maximum absolute atomic E-state index is 5.73. The van der Waals surface area contributed by atoms with Crippen molar-refractivity contribution >= 4 is 56.9 Å². The van der Waals surface area contributed by atoms with Crippen LogP contribution < -0.4 is 10.6 Å². The second-order valence-electron chi connectivity index (χ2n) is 5.48. The second kappa shape index (κ2) is 7.98. The summed E-state index contributed by atoms with van der Waals surface area (Å²) in [4.78, 5) is 0. The van der Waals surface area contributed by atoms with Gasteiger partial charge in [-0.3, -0.25) is 0 Å². The van der Waals surface area contributed by atoms with Crippen LogP contribution in [0.5, 0.6) is 0 Å². The Morgan fingerprint density at radius 3 is 1.15 bits per heavy atom. The van der Waals surface area contributed by atoms with Crippen LogP contribution in [0.15, 0.2) is 60.7 Å². The first-order valence-corrected chi connectivity index (χ1v) is 14.9. The van der Waals surface area contributed by atoms with Gasteiger partial charge in [-0.25, -0.2) is 0 Å². The number of hydrogen-bond acceptors (Lipinski definition) is 0. The average molecular weight is 370 g/mol. The molecule has 0 fully saturated rings. The zero-order valence-electron chi connectivity index (χ0n) is 11.9. The molecule has 0 amide bonds. The van der Waals surface area contributed by atoms with Gasteiger partial charge >= 0.3 is 138 Å². The standard InChI is InChI=1S/C9H15P.C6H6Cl3P/c1-10(2,3)9-7-5-4-6-8-9;7-10(8,9)6-4-2-1-3-5-6/h4-8,10H,1-3H3;1-5,10H. The maximum atomic E-state index is 5.73. The van der Waals surface area contributed by atoms with Gasteiger partial charge in [-0.05, 0) is 0 Å². The van der Waals surface area contributed by atoms with Gasteiger partial charge in [0, 0.05) is 0 Å². The minimum atomic E-state index is -2.62. The number of hydrogen-bond donors (Lipinski definition) is 0. The van der Waals surface area contributed by atoms with Crippen molar-refractivity contribution in [2.24, 2.45) is 0 Å². The van der Waals surface area contributed by atoms with E-state index in [4.69, 9.17) is 33.7 Å². The normalized spacial score (nSPS) is 13.1. The Labute approximate surface area is 137 Å². The number of rotatable bonds is 2. The summed E-state index contributed by atoms with van der Waals surface area (Å²) in [6, 6.07) is 20.1. The minimum absolute atomic E-state index is 0.833. The first kappa shape index (κ1) is 18.2. The second-order valence-corrected chi connectivity index (χ2v) is 19.0. The molecule has 20 heavy (non-hydrogen) atoms. The van der Waals surface area contributed by atoms with Crippen molar-refractivity contribution in [3.63, 3.8) is 0 Å². The van der Waals surface area contributed by atoms with Crippen LogP contribution in [-0.4, -0.2) is 20.0 Å². The van der Waals surface area contributed by atoms with Gasteiger partial charge in [0.25, 0.3) is 0 Å². The third-order valence-electron chi connectivity index (χ3n) is 2.74. The fourth-order valence-corrected chi connectivity index (χ4v) is 4.46. The average Bonchev–Trinajstić information content (AvgIpc) is 2.40. The van der Waals surface area contributed by atoms with Gasteiger partial charge in [-0.15, -0.1) is 0 Å².